The number of nitrogens with one attached hydrogen (secondary N) is 2. The monoisotopic (exact) mass is 230 g/mol. The van der Waals surface area contributed by atoms with Crippen LogP contribution in [0.15, 0.2) is 0 Å². The van der Waals surface area contributed by atoms with Gasteiger partial charge in [0.25, 0.3) is 0 Å². The highest BCUT2D eigenvalue weighted by Crippen LogP contribution is 2.25. The van der Waals surface area contributed by atoms with Crippen molar-refractivity contribution in [3.05, 3.63) is 0 Å². The number of rotatable bonds is 6. The van der Waals surface area contributed by atoms with Crippen LogP contribution in [0, 0.1) is 0 Å². The van der Waals surface area contributed by atoms with E-state index in [1.807, 2.05) is 25.6 Å². The molecule has 0 radical (unpaired) electrons. The Bertz CT molecular complexity index is 191. The van der Waals surface area contributed by atoms with Gasteiger partial charge in [-0.3, -0.25) is 4.79 Å². The third-order valence-electron chi connectivity index (χ3n) is 2.37. The Morgan fingerprint density at radius 3 is 2.93 bits per heavy atom. The molecule has 1 heterocycles. The average Bonchev–Trinajstić information content (AvgIpc) is 2.63. The molecule has 2 N–H and O–H groups in total. The van der Waals surface area contributed by atoms with Gasteiger partial charge in [-0.15, -0.1) is 0 Å². The summed E-state index contributed by atoms with van der Waals surface area (Å²) < 4.78 is 0. The summed E-state index contributed by atoms with van der Waals surface area (Å²) in [7, 11) is 0. The van der Waals surface area contributed by atoms with Gasteiger partial charge in [-0.25, -0.2) is 0 Å². The van der Waals surface area contributed by atoms with Gasteiger partial charge in [-0.1, -0.05) is 0 Å². The predicted molar refractivity (Wildman–Crippen MR) is 66.2 cm³/mol. The van der Waals surface area contributed by atoms with Crippen LogP contribution in [0.4, 0.5) is 0 Å². The van der Waals surface area contributed by atoms with E-state index in [4.69, 9.17) is 0 Å². The molecule has 1 rings (SSSR count). The van der Waals surface area contributed by atoms with Crippen molar-refractivity contribution in [2.24, 2.45) is 0 Å². The number of hydrogen-bond donors (Lipinski definition) is 2. The Morgan fingerprint density at radius 1 is 1.53 bits per heavy atom. The number of thioether (sulfide) groups is 1. The second kappa shape index (κ2) is 7.12. The lowest BCUT2D eigenvalue weighted by Gasteiger charge is -2.11. The van der Waals surface area contributed by atoms with Crippen molar-refractivity contribution in [3.8, 4) is 0 Å². The molecular formula is C11H22N2OS. The minimum absolute atomic E-state index is 0.150. The fraction of sp³-hybridized carbons (Fsp3) is 0.909. The van der Waals surface area contributed by atoms with Crippen LogP contribution < -0.4 is 10.6 Å². The standard InChI is InChI=1S/C11H22N2OS/c1-9(2)13-11(14)5-6-12-8-10-4-3-7-15-10/h9-10,12H,3-8H2,1-2H3,(H,13,14). The lowest BCUT2D eigenvalue weighted by molar-refractivity contribution is -0.121. The molecule has 0 bridgehead atoms. The molecule has 1 amide bonds. The van der Waals surface area contributed by atoms with Crippen LogP contribution in [0.2, 0.25) is 0 Å². The highest BCUT2D eigenvalue weighted by molar-refractivity contribution is 8.00. The predicted octanol–water partition coefficient (Wildman–Crippen LogP) is 1.39. The molecule has 1 aliphatic rings. The molecule has 0 aliphatic carbocycles. The van der Waals surface area contributed by atoms with Gasteiger partial charge in [0.05, 0.1) is 0 Å². The van der Waals surface area contributed by atoms with Crippen molar-refractivity contribution in [1.29, 1.82) is 0 Å². The van der Waals surface area contributed by atoms with E-state index in [0.29, 0.717) is 6.42 Å². The van der Waals surface area contributed by atoms with Gasteiger partial charge in [-0.2, -0.15) is 11.8 Å². The third kappa shape index (κ3) is 6.05. The quantitative estimate of drug-likeness (QED) is 0.678. The summed E-state index contributed by atoms with van der Waals surface area (Å²) in [4.78, 5) is 11.3. The highest BCUT2D eigenvalue weighted by Gasteiger charge is 2.14. The van der Waals surface area contributed by atoms with Crippen molar-refractivity contribution in [2.75, 3.05) is 18.8 Å². The molecule has 1 aliphatic heterocycles. The number of hydrogen-bond acceptors (Lipinski definition) is 3. The van der Waals surface area contributed by atoms with Crippen molar-refractivity contribution < 1.29 is 4.79 Å². The summed E-state index contributed by atoms with van der Waals surface area (Å²) in [5.41, 5.74) is 0. The molecule has 1 saturated heterocycles. The molecule has 15 heavy (non-hydrogen) atoms. The summed E-state index contributed by atoms with van der Waals surface area (Å²) in [6, 6.07) is 0.253. The van der Waals surface area contributed by atoms with Gasteiger partial charge in [0.15, 0.2) is 0 Å². The largest absolute Gasteiger partial charge is 0.354 e. The van der Waals surface area contributed by atoms with Crippen molar-refractivity contribution in [3.63, 3.8) is 0 Å². The molecular weight excluding hydrogens is 208 g/mol. The fourth-order valence-electron chi connectivity index (χ4n) is 1.66. The van der Waals surface area contributed by atoms with E-state index in [-0.39, 0.29) is 11.9 Å². The van der Waals surface area contributed by atoms with Crippen LogP contribution in [0.25, 0.3) is 0 Å². The van der Waals surface area contributed by atoms with E-state index in [9.17, 15) is 4.79 Å². The highest BCUT2D eigenvalue weighted by atomic mass is 32.2. The molecule has 1 fully saturated rings. The van der Waals surface area contributed by atoms with Crippen LogP contribution in [0.1, 0.15) is 33.1 Å². The topological polar surface area (TPSA) is 41.1 Å². The Morgan fingerprint density at radius 2 is 2.33 bits per heavy atom. The molecule has 0 aromatic heterocycles. The lowest BCUT2D eigenvalue weighted by Crippen LogP contribution is -2.33. The van der Waals surface area contributed by atoms with Gasteiger partial charge < -0.3 is 10.6 Å². The normalized spacial score (nSPS) is 20.9. The van der Waals surface area contributed by atoms with Crippen LogP contribution in [-0.4, -0.2) is 36.0 Å². The Kier molecular flexibility index (Phi) is 6.10. The zero-order valence-electron chi connectivity index (χ0n) is 9.71. The lowest BCUT2D eigenvalue weighted by atomic mass is 10.2. The van der Waals surface area contributed by atoms with Crippen LogP contribution in [-0.2, 0) is 4.79 Å². The van der Waals surface area contributed by atoms with Crippen molar-refractivity contribution in [2.45, 2.75) is 44.4 Å². The van der Waals surface area contributed by atoms with E-state index in [1.165, 1.54) is 18.6 Å². The molecule has 0 aromatic rings. The number of carbonyl (C=O) groups excluding carboxylic acids is 1. The average molecular weight is 230 g/mol. The zero-order chi connectivity index (χ0) is 11.1. The van der Waals surface area contributed by atoms with E-state index in [2.05, 4.69) is 10.6 Å². The molecule has 0 spiro atoms. The minimum atomic E-state index is 0.150. The van der Waals surface area contributed by atoms with Gasteiger partial charge in [-0.05, 0) is 32.4 Å². The van der Waals surface area contributed by atoms with Crippen LogP contribution in [0.3, 0.4) is 0 Å². The van der Waals surface area contributed by atoms with E-state index >= 15 is 0 Å². The van der Waals surface area contributed by atoms with Crippen LogP contribution >= 0.6 is 11.8 Å². The molecule has 1 unspecified atom stereocenters. The summed E-state index contributed by atoms with van der Waals surface area (Å²) in [6.07, 6.45) is 3.27. The first kappa shape index (κ1) is 12.8. The van der Waals surface area contributed by atoms with E-state index in [0.717, 1.165) is 18.3 Å². The summed E-state index contributed by atoms with van der Waals surface area (Å²) in [5.74, 6) is 1.46. The van der Waals surface area contributed by atoms with E-state index < -0.39 is 0 Å². The first-order chi connectivity index (χ1) is 7.18. The summed E-state index contributed by atoms with van der Waals surface area (Å²) in [5, 5.41) is 7.01. The number of amides is 1. The maximum Gasteiger partial charge on any atom is 0.221 e. The first-order valence-corrected chi connectivity index (χ1v) is 6.85. The smallest absolute Gasteiger partial charge is 0.221 e. The Balaban J connectivity index is 1.94. The molecule has 0 aromatic carbocycles. The minimum Gasteiger partial charge on any atom is -0.354 e. The Hall–Kier alpha value is -0.220. The van der Waals surface area contributed by atoms with Gasteiger partial charge in [0.1, 0.15) is 0 Å². The molecule has 3 nitrogen and oxygen atoms in total. The Labute approximate surface area is 96.8 Å². The van der Waals surface area contributed by atoms with Gasteiger partial charge in [0.2, 0.25) is 5.91 Å². The van der Waals surface area contributed by atoms with Crippen LogP contribution in [0.5, 0.6) is 0 Å². The number of carbonyl (C=O) groups is 1. The van der Waals surface area contributed by atoms with Gasteiger partial charge in [0, 0.05) is 30.8 Å². The molecule has 1 atom stereocenters. The third-order valence-corrected chi connectivity index (χ3v) is 3.77. The summed E-state index contributed by atoms with van der Waals surface area (Å²) in [6.45, 7) is 5.83. The maximum atomic E-state index is 11.3. The second-order valence-electron chi connectivity index (χ2n) is 4.31. The first-order valence-electron chi connectivity index (χ1n) is 5.80. The molecule has 4 heteroatoms. The van der Waals surface area contributed by atoms with Crippen molar-refractivity contribution in [1.82, 2.24) is 10.6 Å². The van der Waals surface area contributed by atoms with Crippen molar-refractivity contribution >= 4 is 17.7 Å². The summed E-state index contributed by atoms with van der Waals surface area (Å²) >= 11 is 2.05. The molecule has 88 valence electrons. The SMILES string of the molecule is CC(C)NC(=O)CCNCC1CCCS1. The second-order valence-corrected chi connectivity index (χ2v) is 5.72. The zero-order valence-corrected chi connectivity index (χ0v) is 10.5. The fourth-order valence-corrected chi connectivity index (χ4v) is 2.90. The molecule has 0 saturated carbocycles. The van der Waals surface area contributed by atoms with E-state index in [1.54, 1.807) is 0 Å². The maximum absolute atomic E-state index is 11.3. The van der Waals surface area contributed by atoms with Gasteiger partial charge >= 0.3 is 0 Å².